The molecule has 1 N–H and O–H groups in total. The van der Waals surface area contributed by atoms with E-state index < -0.39 is 5.60 Å². The van der Waals surface area contributed by atoms with Gasteiger partial charge in [0.15, 0.2) is 0 Å². The molecule has 3 unspecified atom stereocenters. The molecule has 0 aliphatic carbocycles. The van der Waals surface area contributed by atoms with Gasteiger partial charge < -0.3 is 14.6 Å². The summed E-state index contributed by atoms with van der Waals surface area (Å²) in [6.45, 7) is 3.74. The highest BCUT2D eigenvalue weighted by molar-refractivity contribution is 4.86. The minimum Gasteiger partial charge on any atom is -0.390 e. The topological polar surface area (TPSA) is 38.7 Å². The van der Waals surface area contributed by atoms with Crippen LogP contribution in [0.3, 0.4) is 0 Å². The predicted molar refractivity (Wildman–Crippen MR) is 62.4 cm³/mol. The molecule has 0 saturated carbocycles. The minimum absolute atomic E-state index is 0.253. The zero-order valence-corrected chi connectivity index (χ0v) is 10.3. The van der Waals surface area contributed by atoms with Crippen LogP contribution in [-0.4, -0.2) is 36.1 Å². The van der Waals surface area contributed by atoms with Crippen molar-refractivity contribution >= 4 is 0 Å². The molecule has 2 aliphatic heterocycles. The molecule has 2 heterocycles. The largest absolute Gasteiger partial charge is 0.390 e. The molecule has 0 aromatic rings. The van der Waals surface area contributed by atoms with Crippen molar-refractivity contribution in [2.24, 2.45) is 0 Å². The van der Waals surface area contributed by atoms with Gasteiger partial charge in [0.05, 0.1) is 17.8 Å². The highest BCUT2D eigenvalue weighted by Crippen LogP contribution is 2.32. The van der Waals surface area contributed by atoms with E-state index in [0.717, 1.165) is 38.7 Å². The van der Waals surface area contributed by atoms with Crippen molar-refractivity contribution in [3.8, 4) is 0 Å². The first-order valence-electron chi connectivity index (χ1n) is 6.67. The molecule has 3 atom stereocenters. The summed E-state index contributed by atoms with van der Waals surface area (Å²) in [5.74, 6) is 0. The fourth-order valence-corrected chi connectivity index (χ4v) is 2.79. The fourth-order valence-electron chi connectivity index (χ4n) is 2.79. The second-order valence-corrected chi connectivity index (χ2v) is 5.25. The van der Waals surface area contributed by atoms with E-state index in [1.54, 1.807) is 0 Å². The van der Waals surface area contributed by atoms with Crippen molar-refractivity contribution in [3.63, 3.8) is 0 Å². The van der Waals surface area contributed by atoms with Crippen molar-refractivity contribution in [1.82, 2.24) is 0 Å². The van der Waals surface area contributed by atoms with Gasteiger partial charge in [0.25, 0.3) is 0 Å². The molecule has 2 aliphatic rings. The Morgan fingerprint density at radius 1 is 1.25 bits per heavy atom. The SMILES string of the molecule is CCC1CC(O)(CCC2CCCO2)CCO1. The number of ether oxygens (including phenoxy) is 2. The van der Waals surface area contributed by atoms with Gasteiger partial charge in [-0.3, -0.25) is 0 Å². The van der Waals surface area contributed by atoms with Gasteiger partial charge in [-0.05, 0) is 38.5 Å². The van der Waals surface area contributed by atoms with Crippen LogP contribution >= 0.6 is 0 Å². The summed E-state index contributed by atoms with van der Waals surface area (Å²) in [5, 5.41) is 10.5. The van der Waals surface area contributed by atoms with Crippen LogP contribution in [0.25, 0.3) is 0 Å². The summed E-state index contributed by atoms with van der Waals surface area (Å²) in [6.07, 6.45) is 7.47. The molecule has 0 aromatic carbocycles. The smallest absolute Gasteiger partial charge is 0.0695 e. The molecule has 2 rings (SSSR count). The first-order chi connectivity index (χ1) is 7.72. The van der Waals surface area contributed by atoms with Crippen molar-refractivity contribution in [3.05, 3.63) is 0 Å². The number of hydrogen-bond acceptors (Lipinski definition) is 3. The summed E-state index contributed by atoms with van der Waals surface area (Å²) in [5.41, 5.74) is -0.495. The highest BCUT2D eigenvalue weighted by atomic mass is 16.5. The highest BCUT2D eigenvalue weighted by Gasteiger charge is 2.34. The Bertz CT molecular complexity index is 213. The molecule has 94 valence electrons. The van der Waals surface area contributed by atoms with Gasteiger partial charge in [0.1, 0.15) is 0 Å². The van der Waals surface area contributed by atoms with Crippen LogP contribution in [0.1, 0.15) is 51.9 Å². The second-order valence-electron chi connectivity index (χ2n) is 5.25. The molecule has 16 heavy (non-hydrogen) atoms. The zero-order chi connectivity index (χ0) is 11.4. The monoisotopic (exact) mass is 228 g/mol. The molecular weight excluding hydrogens is 204 g/mol. The number of rotatable bonds is 4. The molecule has 0 amide bonds. The quantitative estimate of drug-likeness (QED) is 0.802. The van der Waals surface area contributed by atoms with Gasteiger partial charge in [-0.25, -0.2) is 0 Å². The average Bonchev–Trinajstić information content (AvgIpc) is 2.79. The van der Waals surface area contributed by atoms with E-state index in [0.29, 0.717) is 12.7 Å². The summed E-state index contributed by atoms with van der Waals surface area (Å²) >= 11 is 0. The van der Waals surface area contributed by atoms with Crippen molar-refractivity contribution in [2.45, 2.75) is 69.7 Å². The first-order valence-corrected chi connectivity index (χ1v) is 6.67. The zero-order valence-electron chi connectivity index (χ0n) is 10.3. The summed E-state index contributed by atoms with van der Waals surface area (Å²) < 4.78 is 11.2. The third kappa shape index (κ3) is 3.19. The summed E-state index contributed by atoms with van der Waals surface area (Å²) in [4.78, 5) is 0. The van der Waals surface area contributed by atoms with Crippen LogP contribution in [0, 0.1) is 0 Å². The van der Waals surface area contributed by atoms with Gasteiger partial charge in [-0.2, -0.15) is 0 Å². The third-order valence-electron chi connectivity index (χ3n) is 3.94. The lowest BCUT2D eigenvalue weighted by Gasteiger charge is -2.37. The molecule has 2 saturated heterocycles. The molecule has 3 heteroatoms. The van der Waals surface area contributed by atoms with Crippen LogP contribution in [0.2, 0.25) is 0 Å². The van der Waals surface area contributed by atoms with Gasteiger partial charge in [0.2, 0.25) is 0 Å². The second kappa shape index (κ2) is 5.48. The van der Waals surface area contributed by atoms with Crippen molar-refractivity contribution in [1.29, 1.82) is 0 Å². The van der Waals surface area contributed by atoms with E-state index in [1.807, 2.05) is 0 Å². The fraction of sp³-hybridized carbons (Fsp3) is 1.00. The average molecular weight is 228 g/mol. The van der Waals surface area contributed by atoms with Gasteiger partial charge in [0, 0.05) is 19.6 Å². The Hall–Kier alpha value is -0.120. The predicted octanol–water partition coefficient (Wildman–Crippen LogP) is 2.27. The van der Waals surface area contributed by atoms with Crippen LogP contribution in [0.4, 0.5) is 0 Å². The Labute approximate surface area is 98.1 Å². The van der Waals surface area contributed by atoms with Gasteiger partial charge in [-0.1, -0.05) is 6.92 Å². The first kappa shape index (κ1) is 12.3. The Morgan fingerprint density at radius 2 is 2.06 bits per heavy atom. The van der Waals surface area contributed by atoms with Crippen LogP contribution in [0.5, 0.6) is 0 Å². The van der Waals surface area contributed by atoms with Crippen molar-refractivity contribution < 1.29 is 14.6 Å². The molecule has 0 radical (unpaired) electrons. The van der Waals surface area contributed by atoms with Gasteiger partial charge >= 0.3 is 0 Å². The Balaban J connectivity index is 1.77. The maximum absolute atomic E-state index is 10.5. The summed E-state index contributed by atoms with van der Waals surface area (Å²) in [7, 11) is 0. The van der Waals surface area contributed by atoms with E-state index in [9.17, 15) is 5.11 Å². The standard InChI is InChI=1S/C13H24O3/c1-2-11-10-13(14,7-9-16-11)6-5-12-4-3-8-15-12/h11-12,14H,2-10H2,1H3. The lowest BCUT2D eigenvalue weighted by molar-refractivity contribution is -0.111. The minimum atomic E-state index is -0.495. The number of aliphatic hydroxyl groups is 1. The van der Waals surface area contributed by atoms with E-state index in [2.05, 4.69) is 6.92 Å². The number of hydrogen-bond donors (Lipinski definition) is 1. The lowest BCUT2D eigenvalue weighted by Crippen LogP contribution is -2.41. The van der Waals surface area contributed by atoms with E-state index in [1.165, 1.54) is 12.8 Å². The van der Waals surface area contributed by atoms with E-state index in [4.69, 9.17) is 9.47 Å². The van der Waals surface area contributed by atoms with Crippen molar-refractivity contribution in [2.75, 3.05) is 13.2 Å². The van der Waals surface area contributed by atoms with Crippen LogP contribution in [0.15, 0.2) is 0 Å². The normalized spacial score (nSPS) is 40.1. The maximum atomic E-state index is 10.5. The molecule has 3 nitrogen and oxygen atoms in total. The molecule has 0 aromatic heterocycles. The molecule has 2 fully saturated rings. The maximum Gasteiger partial charge on any atom is 0.0695 e. The Kier molecular flexibility index (Phi) is 4.22. The third-order valence-corrected chi connectivity index (χ3v) is 3.94. The molecular formula is C13H24O3. The molecule has 0 bridgehead atoms. The van der Waals surface area contributed by atoms with E-state index >= 15 is 0 Å². The lowest BCUT2D eigenvalue weighted by atomic mass is 9.84. The summed E-state index contributed by atoms with van der Waals surface area (Å²) in [6, 6.07) is 0. The van der Waals surface area contributed by atoms with Crippen LogP contribution in [-0.2, 0) is 9.47 Å². The van der Waals surface area contributed by atoms with E-state index in [-0.39, 0.29) is 6.10 Å². The molecule has 0 spiro atoms. The van der Waals surface area contributed by atoms with Gasteiger partial charge in [-0.15, -0.1) is 0 Å². The van der Waals surface area contributed by atoms with Crippen LogP contribution < -0.4 is 0 Å². The Morgan fingerprint density at radius 3 is 2.75 bits per heavy atom.